The zero-order valence-electron chi connectivity index (χ0n) is 19.7. The minimum atomic E-state index is -4.95. The van der Waals surface area contributed by atoms with E-state index in [4.69, 9.17) is 10.00 Å². The Morgan fingerprint density at radius 1 is 1.16 bits per heavy atom. The minimum absolute atomic E-state index is 0.00501. The summed E-state index contributed by atoms with van der Waals surface area (Å²) in [6.45, 7) is 4.21. The molecular formula is C23H18F4N8O2. The number of H-pyrrole nitrogens is 1. The molecule has 0 spiro atoms. The van der Waals surface area contributed by atoms with Crippen LogP contribution in [0.5, 0.6) is 5.75 Å². The number of aryl methyl sites for hydroxylation is 2. The van der Waals surface area contributed by atoms with Crippen LogP contribution in [0.25, 0.3) is 22.3 Å². The van der Waals surface area contributed by atoms with E-state index < -0.39 is 34.4 Å². The molecule has 1 fully saturated rings. The molecule has 0 bridgehead atoms. The fraction of sp³-hybridized carbons (Fsp3) is 0.304. The topological polar surface area (TPSA) is 126 Å². The Morgan fingerprint density at radius 2 is 1.89 bits per heavy atom. The third-order valence-electron chi connectivity index (χ3n) is 6.00. The summed E-state index contributed by atoms with van der Waals surface area (Å²) >= 11 is 0. The Balaban J connectivity index is 1.61. The average molecular weight is 514 g/mol. The molecule has 14 heteroatoms. The van der Waals surface area contributed by atoms with E-state index in [9.17, 15) is 22.4 Å². The van der Waals surface area contributed by atoms with E-state index in [1.165, 1.54) is 12.1 Å². The largest absolute Gasteiger partial charge is 0.483 e. The van der Waals surface area contributed by atoms with E-state index in [0.29, 0.717) is 29.1 Å². The molecule has 37 heavy (non-hydrogen) atoms. The van der Waals surface area contributed by atoms with Crippen LogP contribution < -0.4 is 15.2 Å². The van der Waals surface area contributed by atoms with Crippen molar-refractivity contribution in [2.75, 3.05) is 18.0 Å². The van der Waals surface area contributed by atoms with Gasteiger partial charge in [-0.15, -0.1) is 0 Å². The number of nitriles is 1. The molecule has 0 atom stereocenters. The minimum Gasteiger partial charge on any atom is -0.483 e. The summed E-state index contributed by atoms with van der Waals surface area (Å²) in [5, 5.41) is 16.0. The van der Waals surface area contributed by atoms with Crippen molar-refractivity contribution >= 4 is 17.0 Å². The molecule has 3 aromatic heterocycles. The number of aromatic nitrogens is 6. The highest BCUT2D eigenvalue weighted by Gasteiger charge is 2.38. The van der Waals surface area contributed by atoms with Crippen LogP contribution >= 0.6 is 0 Å². The van der Waals surface area contributed by atoms with Crippen molar-refractivity contribution in [1.29, 1.82) is 5.26 Å². The van der Waals surface area contributed by atoms with Gasteiger partial charge in [-0.25, -0.2) is 19.3 Å². The molecule has 0 amide bonds. The van der Waals surface area contributed by atoms with Crippen molar-refractivity contribution in [3.8, 4) is 23.1 Å². The second-order valence-corrected chi connectivity index (χ2v) is 8.58. The summed E-state index contributed by atoms with van der Waals surface area (Å²) in [6, 6.07) is 5.22. The molecule has 5 rings (SSSR count). The molecule has 1 saturated heterocycles. The Labute approximate surface area is 206 Å². The van der Waals surface area contributed by atoms with Crippen molar-refractivity contribution in [2.24, 2.45) is 7.05 Å². The molecule has 1 aliphatic rings. The zero-order valence-corrected chi connectivity index (χ0v) is 19.7. The van der Waals surface area contributed by atoms with Crippen LogP contribution in [0, 0.1) is 31.0 Å². The van der Waals surface area contributed by atoms with E-state index in [2.05, 4.69) is 25.1 Å². The maximum absolute atomic E-state index is 15.0. The highest BCUT2D eigenvalue weighted by atomic mass is 19.4. The lowest BCUT2D eigenvalue weighted by molar-refractivity contribution is -0.147. The van der Waals surface area contributed by atoms with E-state index in [-0.39, 0.29) is 28.9 Å². The Hall–Kier alpha value is -4.54. The van der Waals surface area contributed by atoms with Crippen molar-refractivity contribution in [3.05, 3.63) is 57.1 Å². The lowest BCUT2D eigenvalue weighted by atomic mass is 10.1. The molecule has 1 N–H and O–H groups in total. The maximum Gasteiger partial charge on any atom is 0.449 e. The predicted octanol–water partition coefficient (Wildman–Crippen LogP) is 3.03. The summed E-state index contributed by atoms with van der Waals surface area (Å²) in [7, 11) is 0.935. The van der Waals surface area contributed by atoms with Gasteiger partial charge in [0.05, 0.1) is 30.4 Å². The molecule has 10 nitrogen and oxygen atoms in total. The SMILES string of the molecule is Cc1n[nH]c(C)c1OC1CN(c2nc(-c3ccc(C#N)cc3F)c3nc(C(F)(F)F)n(C)c(=O)c3n2)C1. The van der Waals surface area contributed by atoms with Gasteiger partial charge in [0.2, 0.25) is 11.8 Å². The fourth-order valence-corrected chi connectivity index (χ4v) is 4.05. The van der Waals surface area contributed by atoms with Gasteiger partial charge in [-0.05, 0) is 32.0 Å². The number of aromatic amines is 1. The third kappa shape index (κ3) is 4.11. The molecule has 0 unspecified atom stereocenters. The Morgan fingerprint density at radius 3 is 2.49 bits per heavy atom. The fourth-order valence-electron chi connectivity index (χ4n) is 4.05. The van der Waals surface area contributed by atoms with Crippen LogP contribution in [0.2, 0.25) is 0 Å². The van der Waals surface area contributed by atoms with Gasteiger partial charge in [0.1, 0.15) is 28.8 Å². The zero-order chi connectivity index (χ0) is 26.6. The van der Waals surface area contributed by atoms with Crippen molar-refractivity contribution in [2.45, 2.75) is 26.1 Å². The lowest BCUT2D eigenvalue weighted by Gasteiger charge is -2.39. The number of fused-ring (bicyclic) bond motifs is 1. The van der Waals surface area contributed by atoms with Gasteiger partial charge in [0.15, 0.2) is 11.3 Å². The molecule has 0 radical (unpaired) electrons. The van der Waals surface area contributed by atoms with Crippen LogP contribution in [0.3, 0.4) is 0 Å². The van der Waals surface area contributed by atoms with Crippen molar-refractivity contribution < 1.29 is 22.3 Å². The first-order valence-corrected chi connectivity index (χ1v) is 11.0. The number of rotatable bonds is 4. The third-order valence-corrected chi connectivity index (χ3v) is 6.00. The molecule has 4 aromatic rings. The van der Waals surface area contributed by atoms with Gasteiger partial charge in [-0.1, -0.05) is 0 Å². The second kappa shape index (κ2) is 8.54. The molecule has 1 aliphatic heterocycles. The Bertz CT molecular complexity index is 1630. The average Bonchev–Trinajstić information content (AvgIpc) is 3.14. The highest BCUT2D eigenvalue weighted by molar-refractivity contribution is 5.90. The van der Waals surface area contributed by atoms with Gasteiger partial charge in [-0.2, -0.15) is 23.5 Å². The first-order valence-electron chi connectivity index (χ1n) is 11.0. The van der Waals surface area contributed by atoms with E-state index in [1.54, 1.807) is 17.9 Å². The van der Waals surface area contributed by atoms with E-state index >= 15 is 0 Å². The number of nitrogens with zero attached hydrogens (tertiary/aromatic N) is 7. The van der Waals surface area contributed by atoms with Crippen LogP contribution in [0.4, 0.5) is 23.5 Å². The number of nitrogens with one attached hydrogen (secondary N) is 1. The van der Waals surface area contributed by atoms with Crippen LogP contribution in [0.15, 0.2) is 23.0 Å². The van der Waals surface area contributed by atoms with Crippen molar-refractivity contribution in [3.63, 3.8) is 0 Å². The number of hydrogen-bond donors (Lipinski definition) is 1. The predicted molar refractivity (Wildman–Crippen MR) is 122 cm³/mol. The van der Waals surface area contributed by atoms with Crippen LogP contribution in [-0.4, -0.2) is 48.9 Å². The second-order valence-electron chi connectivity index (χ2n) is 8.58. The maximum atomic E-state index is 15.0. The van der Waals surface area contributed by atoms with Crippen molar-refractivity contribution in [1.82, 2.24) is 29.7 Å². The highest BCUT2D eigenvalue weighted by Crippen LogP contribution is 2.33. The monoisotopic (exact) mass is 514 g/mol. The Kier molecular flexibility index (Phi) is 5.58. The first-order chi connectivity index (χ1) is 17.5. The molecule has 4 heterocycles. The smallest absolute Gasteiger partial charge is 0.449 e. The summed E-state index contributed by atoms with van der Waals surface area (Å²) in [5.41, 5.74) is -1.03. The molecular weight excluding hydrogens is 496 g/mol. The normalized spacial score (nSPS) is 14.1. The number of anilines is 1. The van der Waals surface area contributed by atoms with Crippen LogP contribution in [-0.2, 0) is 13.2 Å². The van der Waals surface area contributed by atoms with Gasteiger partial charge in [0.25, 0.3) is 5.56 Å². The lowest BCUT2D eigenvalue weighted by Crippen LogP contribution is -2.54. The van der Waals surface area contributed by atoms with E-state index in [0.717, 1.165) is 18.8 Å². The molecule has 190 valence electrons. The van der Waals surface area contributed by atoms with Gasteiger partial charge < -0.3 is 9.64 Å². The number of ether oxygens (including phenoxy) is 1. The summed E-state index contributed by atoms with van der Waals surface area (Å²) < 4.78 is 62.0. The van der Waals surface area contributed by atoms with Gasteiger partial charge in [-0.3, -0.25) is 14.5 Å². The molecule has 0 aliphatic carbocycles. The quantitative estimate of drug-likeness (QED) is 0.412. The number of halogens is 4. The van der Waals surface area contributed by atoms with Gasteiger partial charge in [0, 0.05) is 12.6 Å². The van der Waals surface area contributed by atoms with Crippen LogP contribution in [0.1, 0.15) is 22.8 Å². The summed E-state index contributed by atoms with van der Waals surface area (Å²) in [4.78, 5) is 26.7. The van der Waals surface area contributed by atoms with Gasteiger partial charge >= 0.3 is 6.18 Å². The first kappa shape index (κ1) is 24.2. The number of hydrogen-bond acceptors (Lipinski definition) is 8. The summed E-state index contributed by atoms with van der Waals surface area (Å²) in [5.74, 6) is -1.76. The number of benzene rings is 1. The summed E-state index contributed by atoms with van der Waals surface area (Å²) in [6.07, 6.45) is -5.22. The van der Waals surface area contributed by atoms with E-state index in [1.807, 2.05) is 6.92 Å². The number of alkyl halides is 3. The standard InChI is InChI=1S/C23H18F4N8O2/c1-10-19(11(2)33-32-10)37-13-8-35(9-13)22-30-16(14-5-4-12(7-28)6-15(14)24)17-18(31-22)20(36)34(3)21(29-17)23(25,26)27/h4-6,13H,8-9H2,1-3H3,(H,32,33). The molecule has 1 aromatic carbocycles. The molecule has 0 saturated carbocycles.